The molecule has 0 fully saturated rings. The first-order valence-electron chi connectivity index (χ1n) is 9.21. The summed E-state index contributed by atoms with van der Waals surface area (Å²) in [6.07, 6.45) is -0.593. The smallest absolute Gasteiger partial charge is 0.161 e. The topological polar surface area (TPSA) is 38.7 Å². The van der Waals surface area contributed by atoms with Gasteiger partial charge in [0.15, 0.2) is 11.5 Å². The fraction of sp³-hybridized carbons (Fsp3) is 0.217. The van der Waals surface area contributed by atoms with Gasteiger partial charge in [-0.3, -0.25) is 0 Å². The summed E-state index contributed by atoms with van der Waals surface area (Å²) in [5, 5.41) is 10.2. The Labute approximate surface area is 173 Å². The van der Waals surface area contributed by atoms with E-state index in [1.54, 1.807) is 25.1 Å². The van der Waals surface area contributed by atoms with E-state index in [1.165, 1.54) is 13.2 Å². The van der Waals surface area contributed by atoms with Gasteiger partial charge in [-0.1, -0.05) is 49.0 Å². The van der Waals surface area contributed by atoms with Gasteiger partial charge in [-0.25, -0.2) is 8.78 Å². The van der Waals surface area contributed by atoms with E-state index >= 15 is 0 Å². The normalized spacial score (nSPS) is 11.9. The van der Waals surface area contributed by atoms with Crippen LogP contribution < -0.4 is 9.47 Å². The molecule has 3 aromatic rings. The largest absolute Gasteiger partial charge is 0.493 e. The van der Waals surface area contributed by atoms with Crippen LogP contribution in [-0.4, -0.2) is 12.2 Å². The first-order chi connectivity index (χ1) is 14.0. The summed E-state index contributed by atoms with van der Waals surface area (Å²) >= 11 is 1.11. The molecule has 0 aromatic heterocycles. The van der Waals surface area contributed by atoms with Crippen molar-refractivity contribution in [2.24, 2.45) is 0 Å². The predicted octanol–water partition coefficient (Wildman–Crippen LogP) is 6.15. The third-order valence-electron chi connectivity index (χ3n) is 4.37. The Bertz CT molecular complexity index is 964. The van der Waals surface area contributed by atoms with Gasteiger partial charge in [-0.15, -0.1) is 0 Å². The maximum atomic E-state index is 14.4. The van der Waals surface area contributed by atoms with Crippen LogP contribution in [0.2, 0.25) is 0 Å². The van der Waals surface area contributed by atoms with Crippen molar-refractivity contribution in [3.8, 4) is 11.5 Å². The van der Waals surface area contributed by atoms with E-state index in [0.29, 0.717) is 29.4 Å². The third-order valence-corrected chi connectivity index (χ3v) is 5.50. The zero-order valence-electron chi connectivity index (χ0n) is 16.2. The molecule has 6 heteroatoms. The second kappa shape index (κ2) is 9.76. The van der Waals surface area contributed by atoms with Crippen LogP contribution in [0.1, 0.15) is 30.6 Å². The summed E-state index contributed by atoms with van der Waals surface area (Å²) in [5.74, 6) is -0.349. The molecule has 0 aliphatic carbocycles. The van der Waals surface area contributed by atoms with Crippen molar-refractivity contribution in [2.75, 3.05) is 7.11 Å². The standard InChI is InChI=1S/C23H22F2O3S/c1-3-20(26)18-11-16(24)12-19(25)23(18)29-17-9-10-21(22(13-17)27-2)28-14-15-7-5-4-6-8-15/h4-13,20,26H,3,14H2,1-2H3. The molecule has 152 valence electrons. The van der Waals surface area contributed by atoms with Crippen molar-refractivity contribution in [2.45, 2.75) is 35.8 Å². The van der Waals surface area contributed by atoms with E-state index in [0.717, 1.165) is 23.4 Å². The third kappa shape index (κ3) is 5.28. The van der Waals surface area contributed by atoms with Crippen LogP contribution in [0.4, 0.5) is 8.78 Å². The zero-order valence-corrected chi connectivity index (χ0v) is 17.0. The van der Waals surface area contributed by atoms with Crippen molar-refractivity contribution in [3.63, 3.8) is 0 Å². The van der Waals surface area contributed by atoms with E-state index in [9.17, 15) is 13.9 Å². The molecule has 3 nitrogen and oxygen atoms in total. The van der Waals surface area contributed by atoms with Gasteiger partial charge in [0.25, 0.3) is 0 Å². The lowest BCUT2D eigenvalue weighted by Crippen LogP contribution is -2.01. The Morgan fingerprint density at radius 1 is 1.00 bits per heavy atom. The number of hydrogen-bond donors (Lipinski definition) is 1. The Hall–Kier alpha value is -2.57. The summed E-state index contributed by atoms with van der Waals surface area (Å²) < 4.78 is 39.3. The minimum Gasteiger partial charge on any atom is -0.493 e. The molecule has 0 saturated carbocycles. The van der Waals surface area contributed by atoms with E-state index in [-0.39, 0.29) is 10.5 Å². The van der Waals surface area contributed by atoms with E-state index in [2.05, 4.69) is 0 Å². The highest BCUT2D eigenvalue weighted by atomic mass is 32.2. The monoisotopic (exact) mass is 416 g/mol. The molecule has 1 unspecified atom stereocenters. The lowest BCUT2D eigenvalue weighted by Gasteiger charge is -2.16. The van der Waals surface area contributed by atoms with Crippen LogP contribution in [0.25, 0.3) is 0 Å². The molecule has 3 rings (SSSR count). The second-order valence-electron chi connectivity index (χ2n) is 6.42. The highest BCUT2D eigenvalue weighted by Crippen LogP contribution is 2.40. The predicted molar refractivity (Wildman–Crippen MR) is 109 cm³/mol. The van der Waals surface area contributed by atoms with Crippen molar-refractivity contribution >= 4 is 11.8 Å². The molecule has 1 atom stereocenters. The van der Waals surface area contributed by atoms with Crippen molar-refractivity contribution in [3.05, 3.63) is 83.4 Å². The Balaban J connectivity index is 1.84. The molecule has 0 heterocycles. The maximum absolute atomic E-state index is 14.4. The van der Waals surface area contributed by atoms with Crippen molar-refractivity contribution < 1.29 is 23.4 Å². The SMILES string of the molecule is CCC(O)c1cc(F)cc(F)c1Sc1ccc(OCc2ccccc2)c(OC)c1. The fourth-order valence-corrected chi connectivity index (χ4v) is 3.85. The van der Waals surface area contributed by atoms with Gasteiger partial charge in [0, 0.05) is 16.5 Å². The molecular weight excluding hydrogens is 394 g/mol. The molecule has 0 saturated heterocycles. The van der Waals surface area contributed by atoms with E-state index in [4.69, 9.17) is 9.47 Å². The molecule has 0 aliphatic rings. The number of ether oxygens (including phenoxy) is 2. The lowest BCUT2D eigenvalue weighted by molar-refractivity contribution is 0.169. The fourth-order valence-electron chi connectivity index (χ4n) is 2.84. The van der Waals surface area contributed by atoms with Gasteiger partial charge >= 0.3 is 0 Å². The Morgan fingerprint density at radius 3 is 2.45 bits per heavy atom. The first-order valence-corrected chi connectivity index (χ1v) is 10.0. The van der Waals surface area contributed by atoms with Gasteiger partial charge in [-0.05, 0) is 36.2 Å². The Morgan fingerprint density at radius 2 is 1.76 bits per heavy atom. The molecule has 0 amide bonds. The van der Waals surface area contributed by atoms with Gasteiger partial charge in [0.2, 0.25) is 0 Å². The number of aliphatic hydroxyl groups is 1. The summed E-state index contributed by atoms with van der Waals surface area (Å²) in [4.78, 5) is 0.879. The lowest BCUT2D eigenvalue weighted by atomic mass is 10.1. The second-order valence-corrected chi connectivity index (χ2v) is 7.50. The summed E-state index contributed by atoms with van der Waals surface area (Å²) in [6.45, 7) is 2.15. The van der Waals surface area contributed by atoms with Crippen LogP contribution in [-0.2, 0) is 6.61 Å². The average molecular weight is 416 g/mol. The van der Waals surface area contributed by atoms with Crippen LogP contribution >= 0.6 is 11.8 Å². The van der Waals surface area contributed by atoms with Crippen molar-refractivity contribution in [1.82, 2.24) is 0 Å². The van der Waals surface area contributed by atoms with E-state index < -0.39 is 17.7 Å². The number of aliphatic hydroxyl groups excluding tert-OH is 1. The quantitative estimate of drug-likeness (QED) is 0.478. The summed E-state index contributed by atoms with van der Waals surface area (Å²) in [5.41, 5.74) is 1.26. The highest BCUT2D eigenvalue weighted by Gasteiger charge is 2.19. The van der Waals surface area contributed by atoms with Gasteiger partial charge < -0.3 is 14.6 Å². The number of rotatable bonds is 8. The van der Waals surface area contributed by atoms with Gasteiger partial charge in [-0.2, -0.15) is 0 Å². The van der Waals surface area contributed by atoms with Crippen LogP contribution in [0, 0.1) is 11.6 Å². The number of methoxy groups -OCH3 is 1. The van der Waals surface area contributed by atoms with Crippen molar-refractivity contribution in [1.29, 1.82) is 0 Å². The van der Waals surface area contributed by atoms with Crippen LogP contribution in [0.3, 0.4) is 0 Å². The minimum atomic E-state index is -0.946. The average Bonchev–Trinajstić information content (AvgIpc) is 2.74. The minimum absolute atomic E-state index is 0.195. The molecule has 29 heavy (non-hydrogen) atoms. The number of hydrogen-bond acceptors (Lipinski definition) is 4. The molecule has 0 radical (unpaired) electrons. The van der Waals surface area contributed by atoms with Gasteiger partial charge in [0.05, 0.1) is 18.1 Å². The maximum Gasteiger partial charge on any atom is 0.161 e. The van der Waals surface area contributed by atoms with Gasteiger partial charge in [0.1, 0.15) is 18.2 Å². The summed E-state index contributed by atoms with van der Waals surface area (Å²) in [7, 11) is 1.53. The zero-order chi connectivity index (χ0) is 20.8. The highest BCUT2D eigenvalue weighted by molar-refractivity contribution is 7.99. The van der Waals surface area contributed by atoms with Crippen LogP contribution in [0.5, 0.6) is 11.5 Å². The molecule has 0 spiro atoms. The van der Waals surface area contributed by atoms with Crippen LogP contribution in [0.15, 0.2) is 70.5 Å². The molecule has 0 aliphatic heterocycles. The van der Waals surface area contributed by atoms with E-state index in [1.807, 2.05) is 30.3 Å². The number of halogens is 2. The molecular formula is C23H22F2O3S. The Kier molecular flexibility index (Phi) is 7.12. The summed E-state index contributed by atoms with van der Waals surface area (Å²) in [6, 6.07) is 17.0. The molecule has 1 N–H and O–H groups in total. The first kappa shape index (κ1) is 21.1. The number of benzene rings is 3. The molecule has 0 bridgehead atoms. The molecule has 3 aromatic carbocycles.